The van der Waals surface area contributed by atoms with Crippen LogP contribution in [0, 0.1) is 0 Å². The number of carbonyl (C=O) groups excluding carboxylic acids is 3. The summed E-state index contributed by atoms with van der Waals surface area (Å²) in [6, 6.07) is 32.1. The van der Waals surface area contributed by atoms with E-state index in [1.807, 2.05) is 66.7 Å². The van der Waals surface area contributed by atoms with Crippen molar-refractivity contribution in [3.8, 4) is 5.75 Å². The predicted molar refractivity (Wildman–Crippen MR) is 148 cm³/mol. The number of nitrogens with one attached hydrogen (secondary N) is 2. The van der Waals surface area contributed by atoms with Crippen LogP contribution < -0.4 is 10.6 Å². The molecule has 0 aromatic heterocycles. The van der Waals surface area contributed by atoms with E-state index in [1.165, 1.54) is 24.3 Å². The van der Waals surface area contributed by atoms with Gasteiger partial charge in [0.15, 0.2) is 0 Å². The molecule has 39 heavy (non-hydrogen) atoms. The molecule has 0 saturated heterocycles. The first kappa shape index (κ1) is 27.1. The summed E-state index contributed by atoms with van der Waals surface area (Å²) >= 11 is 0. The van der Waals surface area contributed by atoms with E-state index < -0.39 is 24.0 Å². The fourth-order valence-corrected chi connectivity index (χ4v) is 4.09. The zero-order valence-corrected chi connectivity index (χ0v) is 21.3. The van der Waals surface area contributed by atoms with Gasteiger partial charge in [-0.2, -0.15) is 0 Å². The second-order valence-electron chi connectivity index (χ2n) is 9.12. The van der Waals surface area contributed by atoms with Gasteiger partial charge < -0.3 is 20.5 Å². The topological polar surface area (TPSA) is 105 Å². The van der Waals surface area contributed by atoms with E-state index in [0.29, 0.717) is 17.5 Å². The Morgan fingerprint density at radius 2 is 1.10 bits per heavy atom. The van der Waals surface area contributed by atoms with Crippen molar-refractivity contribution in [1.29, 1.82) is 0 Å². The van der Waals surface area contributed by atoms with Gasteiger partial charge >= 0.3 is 5.97 Å². The molecule has 0 fully saturated rings. The Kier molecular flexibility index (Phi) is 9.45. The Bertz CT molecular complexity index is 1360. The van der Waals surface area contributed by atoms with Gasteiger partial charge in [0.05, 0.1) is 6.04 Å². The van der Waals surface area contributed by atoms with E-state index in [0.717, 1.165) is 11.1 Å². The van der Waals surface area contributed by atoms with Gasteiger partial charge in [-0.25, -0.2) is 4.79 Å². The Hall–Kier alpha value is -4.91. The van der Waals surface area contributed by atoms with Crippen LogP contribution >= 0.6 is 0 Å². The van der Waals surface area contributed by atoms with Gasteiger partial charge in [0.1, 0.15) is 18.4 Å². The summed E-state index contributed by atoms with van der Waals surface area (Å²) in [5, 5.41) is 15.3. The summed E-state index contributed by atoms with van der Waals surface area (Å²) in [6.45, 7) is -0.0767. The molecule has 0 spiro atoms. The highest BCUT2D eigenvalue weighted by molar-refractivity contribution is 5.97. The minimum absolute atomic E-state index is 0.0359. The van der Waals surface area contributed by atoms with Crippen molar-refractivity contribution in [2.24, 2.45) is 0 Å². The van der Waals surface area contributed by atoms with Crippen LogP contribution in [0.3, 0.4) is 0 Å². The van der Waals surface area contributed by atoms with Gasteiger partial charge in [-0.05, 0) is 53.9 Å². The number of aromatic hydroxyl groups is 1. The quantitative estimate of drug-likeness (QED) is 0.255. The van der Waals surface area contributed by atoms with Crippen LogP contribution in [0.2, 0.25) is 0 Å². The minimum Gasteiger partial charge on any atom is -0.508 e. The minimum atomic E-state index is -0.962. The molecule has 3 N–H and O–H groups in total. The number of hydrogen-bond acceptors (Lipinski definition) is 5. The normalized spacial score (nSPS) is 12.1. The third-order valence-electron chi connectivity index (χ3n) is 6.12. The molecule has 0 unspecified atom stereocenters. The summed E-state index contributed by atoms with van der Waals surface area (Å²) < 4.78 is 5.70. The van der Waals surface area contributed by atoms with E-state index in [9.17, 15) is 19.5 Å². The highest BCUT2D eigenvalue weighted by Crippen LogP contribution is 2.12. The highest BCUT2D eigenvalue weighted by Gasteiger charge is 2.25. The van der Waals surface area contributed by atoms with Crippen molar-refractivity contribution in [3.05, 3.63) is 138 Å². The largest absolute Gasteiger partial charge is 0.508 e. The van der Waals surface area contributed by atoms with Gasteiger partial charge in [-0.1, -0.05) is 78.9 Å². The summed E-state index contributed by atoms with van der Waals surface area (Å²) in [4.78, 5) is 39.0. The van der Waals surface area contributed by atoms with Gasteiger partial charge in [0.2, 0.25) is 0 Å². The summed E-state index contributed by atoms with van der Waals surface area (Å²) in [7, 11) is 0. The van der Waals surface area contributed by atoms with E-state index in [-0.39, 0.29) is 24.7 Å². The fraction of sp³-hybridized carbons (Fsp3) is 0.156. The van der Waals surface area contributed by atoms with Crippen LogP contribution in [0.5, 0.6) is 5.75 Å². The summed E-state index contributed by atoms with van der Waals surface area (Å²) in [5.74, 6) is -1.31. The molecule has 0 saturated carbocycles. The van der Waals surface area contributed by atoms with Crippen molar-refractivity contribution in [2.45, 2.75) is 24.9 Å². The lowest BCUT2D eigenvalue weighted by Crippen LogP contribution is -2.46. The number of ether oxygens (including phenoxy) is 1. The van der Waals surface area contributed by atoms with E-state index >= 15 is 0 Å². The van der Waals surface area contributed by atoms with Gasteiger partial charge in [0.25, 0.3) is 11.8 Å². The molecule has 4 aromatic carbocycles. The number of hydrogen-bond donors (Lipinski definition) is 3. The molecule has 0 bridgehead atoms. The molecule has 4 aromatic rings. The lowest BCUT2D eigenvalue weighted by atomic mass is 10.0. The number of rotatable bonds is 11. The van der Waals surface area contributed by atoms with Crippen molar-refractivity contribution < 1.29 is 24.2 Å². The van der Waals surface area contributed by atoms with Gasteiger partial charge in [-0.3, -0.25) is 9.59 Å². The molecule has 198 valence electrons. The molecule has 0 aliphatic carbocycles. The maximum absolute atomic E-state index is 13.3. The molecule has 2 amide bonds. The average molecular weight is 523 g/mol. The van der Waals surface area contributed by atoms with Crippen molar-refractivity contribution in [3.63, 3.8) is 0 Å². The van der Waals surface area contributed by atoms with Crippen LogP contribution in [0.15, 0.2) is 115 Å². The third kappa shape index (κ3) is 8.30. The molecular weight excluding hydrogens is 492 g/mol. The fourth-order valence-electron chi connectivity index (χ4n) is 4.09. The molecule has 0 aliphatic heterocycles. The van der Waals surface area contributed by atoms with Gasteiger partial charge in [-0.15, -0.1) is 0 Å². The lowest BCUT2D eigenvalue weighted by Gasteiger charge is -2.22. The zero-order chi connectivity index (χ0) is 27.5. The van der Waals surface area contributed by atoms with E-state index in [4.69, 9.17) is 4.74 Å². The molecule has 2 atom stereocenters. The third-order valence-corrected chi connectivity index (χ3v) is 6.12. The number of amides is 2. The Morgan fingerprint density at radius 1 is 0.615 bits per heavy atom. The van der Waals surface area contributed by atoms with Crippen LogP contribution in [0.4, 0.5) is 0 Å². The van der Waals surface area contributed by atoms with Crippen molar-refractivity contribution in [2.75, 3.05) is 6.61 Å². The zero-order valence-electron chi connectivity index (χ0n) is 21.3. The first-order valence-corrected chi connectivity index (χ1v) is 12.7. The number of phenolic OH excluding ortho intramolecular Hbond substituents is 1. The van der Waals surface area contributed by atoms with Crippen LogP contribution in [-0.4, -0.2) is 41.6 Å². The molecule has 0 aliphatic rings. The molecule has 0 radical (unpaired) electrons. The first-order valence-electron chi connectivity index (χ1n) is 12.7. The van der Waals surface area contributed by atoms with Gasteiger partial charge in [0, 0.05) is 17.5 Å². The number of phenols is 1. The standard InChI is InChI=1S/C32H30N2O5/c35-28-18-16-26(17-19-28)31(37)34-29(21-24-12-6-2-7-13-24)32(38)39-22-27(20-23-10-4-1-5-11-23)33-30(36)25-14-8-3-9-15-25/h1-19,27,29,35H,20-22H2,(H,33,36)(H,34,37)/t27-,29+/m1/s1. The Balaban J connectivity index is 1.47. The second kappa shape index (κ2) is 13.6. The summed E-state index contributed by atoms with van der Waals surface area (Å²) in [5.41, 5.74) is 2.64. The first-order chi connectivity index (χ1) is 19.0. The van der Waals surface area contributed by atoms with Crippen molar-refractivity contribution >= 4 is 17.8 Å². The van der Waals surface area contributed by atoms with Crippen LogP contribution in [-0.2, 0) is 22.4 Å². The number of carbonyl (C=O) groups is 3. The van der Waals surface area contributed by atoms with Crippen molar-refractivity contribution in [1.82, 2.24) is 10.6 Å². The second-order valence-corrected chi connectivity index (χ2v) is 9.12. The molecule has 7 nitrogen and oxygen atoms in total. The molecule has 7 heteroatoms. The number of esters is 1. The predicted octanol–water partition coefficient (Wildman–Crippen LogP) is 4.32. The Labute approximate surface area is 227 Å². The highest BCUT2D eigenvalue weighted by atomic mass is 16.5. The molecule has 4 rings (SSSR count). The summed E-state index contributed by atoms with van der Waals surface area (Å²) in [6.07, 6.45) is 0.680. The Morgan fingerprint density at radius 3 is 1.69 bits per heavy atom. The maximum atomic E-state index is 13.3. The SMILES string of the molecule is O=C(N[C@@H](COC(=O)[C@H](Cc1ccccc1)NC(=O)c1ccc(O)cc1)Cc1ccccc1)c1ccccc1. The average Bonchev–Trinajstić information content (AvgIpc) is 2.97. The van der Waals surface area contributed by atoms with Crippen LogP contribution in [0.25, 0.3) is 0 Å². The molecule has 0 heterocycles. The maximum Gasteiger partial charge on any atom is 0.329 e. The smallest absolute Gasteiger partial charge is 0.329 e. The monoisotopic (exact) mass is 522 g/mol. The number of benzene rings is 4. The van der Waals surface area contributed by atoms with E-state index in [1.54, 1.807) is 24.3 Å². The van der Waals surface area contributed by atoms with E-state index in [2.05, 4.69) is 10.6 Å². The molecular formula is C32H30N2O5. The lowest BCUT2D eigenvalue weighted by molar-refractivity contribution is -0.146. The van der Waals surface area contributed by atoms with Crippen LogP contribution in [0.1, 0.15) is 31.8 Å².